The maximum atomic E-state index is 13.2. The number of carbonyl (C=O) groups excluding carboxylic acids is 1. The SMILES string of the molecule is CC1CCCC(NC(=O)c2cc(F)ccc2N)C1C. The number of hydrogen-bond donors (Lipinski definition) is 2. The van der Waals surface area contributed by atoms with Gasteiger partial charge >= 0.3 is 0 Å². The molecule has 1 aromatic rings. The van der Waals surface area contributed by atoms with Crippen LogP contribution in [0.4, 0.5) is 10.1 Å². The monoisotopic (exact) mass is 264 g/mol. The average Bonchev–Trinajstić information content (AvgIpc) is 2.38. The van der Waals surface area contributed by atoms with Crippen LogP contribution in [0.2, 0.25) is 0 Å². The van der Waals surface area contributed by atoms with Crippen molar-refractivity contribution >= 4 is 11.6 Å². The van der Waals surface area contributed by atoms with Crippen LogP contribution in [0, 0.1) is 17.7 Å². The predicted octanol–water partition coefficient (Wildman–Crippen LogP) is 2.96. The van der Waals surface area contributed by atoms with Crippen LogP contribution in [0.3, 0.4) is 0 Å². The summed E-state index contributed by atoms with van der Waals surface area (Å²) in [6.45, 7) is 4.36. The third-order valence-corrected chi connectivity index (χ3v) is 4.28. The smallest absolute Gasteiger partial charge is 0.253 e. The normalized spacial score (nSPS) is 27.0. The summed E-state index contributed by atoms with van der Waals surface area (Å²) in [5.41, 5.74) is 6.27. The molecule has 104 valence electrons. The van der Waals surface area contributed by atoms with E-state index in [0.717, 1.165) is 12.8 Å². The molecule has 1 aliphatic carbocycles. The summed E-state index contributed by atoms with van der Waals surface area (Å²) in [6, 6.07) is 4.04. The Morgan fingerprint density at radius 1 is 1.37 bits per heavy atom. The van der Waals surface area contributed by atoms with E-state index >= 15 is 0 Å². The van der Waals surface area contributed by atoms with E-state index in [1.54, 1.807) is 0 Å². The molecule has 0 saturated heterocycles. The van der Waals surface area contributed by atoms with E-state index in [1.165, 1.54) is 24.6 Å². The molecule has 1 saturated carbocycles. The fourth-order valence-corrected chi connectivity index (χ4v) is 2.76. The van der Waals surface area contributed by atoms with Gasteiger partial charge in [0.1, 0.15) is 5.82 Å². The molecule has 1 aliphatic rings. The van der Waals surface area contributed by atoms with Gasteiger partial charge in [0, 0.05) is 11.7 Å². The van der Waals surface area contributed by atoms with Crippen molar-refractivity contribution in [1.29, 1.82) is 0 Å². The topological polar surface area (TPSA) is 55.1 Å². The molecule has 1 amide bonds. The fourth-order valence-electron chi connectivity index (χ4n) is 2.76. The zero-order chi connectivity index (χ0) is 14.0. The number of halogens is 1. The van der Waals surface area contributed by atoms with Gasteiger partial charge < -0.3 is 11.1 Å². The number of nitrogens with one attached hydrogen (secondary N) is 1. The standard InChI is InChI=1S/C15H21FN2O/c1-9-4-3-5-14(10(9)2)18-15(19)12-8-11(16)6-7-13(12)17/h6-10,14H,3-5,17H2,1-2H3,(H,18,19). The first kappa shape index (κ1) is 13.8. The summed E-state index contributed by atoms with van der Waals surface area (Å²) in [4.78, 5) is 12.2. The highest BCUT2D eigenvalue weighted by Crippen LogP contribution is 2.29. The molecule has 1 fully saturated rings. The van der Waals surface area contributed by atoms with Crippen molar-refractivity contribution in [2.24, 2.45) is 11.8 Å². The predicted molar refractivity (Wildman–Crippen MR) is 74.2 cm³/mol. The number of anilines is 1. The van der Waals surface area contributed by atoms with E-state index in [4.69, 9.17) is 5.73 Å². The lowest BCUT2D eigenvalue weighted by Crippen LogP contribution is -2.43. The first-order chi connectivity index (χ1) is 8.99. The molecular formula is C15H21FN2O. The maximum absolute atomic E-state index is 13.2. The van der Waals surface area contributed by atoms with Crippen LogP contribution >= 0.6 is 0 Å². The van der Waals surface area contributed by atoms with Crippen molar-refractivity contribution < 1.29 is 9.18 Å². The highest BCUT2D eigenvalue weighted by atomic mass is 19.1. The van der Waals surface area contributed by atoms with Crippen LogP contribution in [0.5, 0.6) is 0 Å². The van der Waals surface area contributed by atoms with E-state index in [-0.39, 0.29) is 17.5 Å². The van der Waals surface area contributed by atoms with E-state index in [1.807, 2.05) is 0 Å². The van der Waals surface area contributed by atoms with Gasteiger partial charge in [0.2, 0.25) is 0 Å². The Hall–Kier alpha value is -1.58. The van der Waals surface area contributed by atoms with Crippen LogP contribution in [-0.2, 0) is 0 Å². The summed E-state index contributed by atoms with van der Waals surface area (Å²) in [6.07, 6.45) is 3.30. The molecule has 3 N–H and O–H groups in total. The van der Waals surface area contributed by atoms with Crippen molar-refractivity contribution in [3.05, 3.63) is 29.6 Å². The Morgan fingerprint density at radius 3 is 2.84 bits per heavy atom. The highest BCUT2D eigenvalue weighted by molar-refractivity contribution is 5.99. The molecule has 3 atom stereocenters. The zero-order valence-corrected chi connectivity index (χ0v) is 11.4. The van der Waals surface area contributed by atoms with Crippen molar-refractivity contribution in [3.8, 4) is 0 Å². The Bertz CT molecular complexity index is 475. The summed E-state index contributed by atoms with van der Waals surface area (Å²) < 4.78 is 13.2. The lowest BCUT2D eigenvalue weighted by atomic mass is 9.78. The molecule has 0 spiro atoms. The summed E-state index contributed by atoms with van der Waals surface area (Å²) in [7, 11) is 0. The molecule has 0 radical (unpaired) electrons. The van der Waals surface area contributed by atoms with Gasteiger partial charge in [-0.2, -0.15) is 0 Å². The molecule has 1 aromatic carbocycles. The number of hydrogen-bond acceptors (Lipinski definition) is 2. The minimum Gasteiger partial charge on any atom is -0.398 e. The lowest BCUT2D eigenvalue weighted by Gasteiger charge is -2.34. The van der Waals surface area contributed by atoms with Crippen LogP contribution in [0.25, 0.3) is 0 Å². The Labute approximate surface area is 113 Å². The molecular weight excluding hydrogens is 243 g/mol. The third-order valence-electron chi connectivity index (χ3n) is 4.28. The first-order valence-electron chi connectivity index (χ1n) is 6.85. The van der Waals surface area contributed by atoms with Crippen molar-refractivity contribution in [2.45, 2.75) is 39.2 Å². The Balaban J connectivity index is 2.10. The molecule has 0 bridgehead atoms. The summed E-state index contributed by atoms with van der Waals surface area (Å²) >= 11 is 0. The largest absolute Gasteiger partial charge is 0.398 e. The summed E-state index contributed by atoms with van der Waals surface area (Å²) in [5, 5.41) is 3.00. The van der Waals surface area contributed by atoms with Crippen LogP contribution in [-0.4, -0.2) is 11.9 Å². The Kier molecular flexibility index (Phi) is 4.08. The second-order valence-electron chi connectivity index (χ2n) is 5.58. The van der Waals surface area contributed by atoms with Crippen LogP contribution in [0.1, 0.15) is 43.5 Å². The number of carbonyl (C=O) groups is 1. The molecule has 19 heavy (non-hydrogen) atoms. The zero-order valence-electron chi connectivity index (χ0n) is 11.4. The number of rotatable bonds is 2. The third kappa shape index (κ3) is 3.06. The molecule has 4 heteroatoms. The molecule has 0 aliphatic heterocycles. The second kappa shape index (κ2) is 5.59. The van der Waals surface area contributed by atoms with Crippen LogP contribution < -0.4 is 11.1 Å². The molecule has 0 heterocycles. The van der Waals surface area contributed by atoms with Crippen LogP contribution in [0.15, 0.2) is 18.2 Å². The minimum atomic E-state index is -0.440. The van der Waals surface area contributed by atoms with Crippen molar-refractivity contribution in [2.75, 3.05) is 5.73 Å². The first-order valence-corrected chi connectivity index (χ1v) is 6.85. The maximum Gasteiger partial charge on any atom is 0.253 e. The number of nitrogens with two attached hydrogens (primary N) is 1. The van der Waals surface area contributed by atoms with Crippen molar-refractivity contribution in [3.63, 3.8) is 0 Å². The van der Waals surface area contributed by atoms with Gasteiger partial charge in [-0.15, -0.1) is 0 Å². The lowest BCUT2D eigenvalue weighted by molar-refractivity contribution is 0.0891. The molecule has 0 aromatic heterocycles. The molecule has 3 unspecified atom stereocenters. The average molecular weight is 264 g/mol. The van der Waals surface area contributed by atoms with Gasteiger partial charge in [0.05, 0.1) is 5.56 Å². The number of amides is 1. The van der Waals surface area contributed by atoms with E-state index in [2.05, 4.69) is 19.2 Å². The van der Waals surface area contributed by atoms with Gasteiger partial charge in [0.25, 0.3) is 5.91 Å². The van der Waals surface area contributed by atoms with Crippen molar-refractivity contribution in [1.82, 2.24) is 5.32 Å². The molecule has 3 nitrogen and oxygen atoms in total. The van der Waals surface area contributed by atoms with Gasteiger partial charge in [-0.05, 0) is 36.5 Å². The van der Waals surface area contributed by atoms with Gasteiger partial charge in [0.15, 0.2) is 0 Å². The number of nitrogen functional groups attached to an aromatic ring is 1. The van der Waals surface area contributed by atoms with E-state index < -0.39 is 5.82 Å². The second-order valence-corrected chi connectivity index (χ2v) is 5.58. The van der Waals surface area contributed by atoms with Gasteiger partial charge in [-0.1, -0.05) is 26.7 Å². The molecule has 2 rings (SSSR count). The Morgan fingerprint density at radius 2 is 2.11 bits per heavy atom. The summed E-state index contributed by atoms with van der Waals surface area (Å²) in [5.74, 6) is 0.323. The quantitative estimate of drug-likeness (QED) is 0.807. The van der Waals surface area contributed by atoms with E-state index in [0.29, 0.717) is 17.5 Å². The van der Waals surface area contributed by atoms with Gasteiger partial charge in [-0.3, -0.25) is 4.79 Å². The van der Waals surface area contributed by atoms with Gasteiger partial charge in [-0.25, -0.2) is 4.39 Å². The fraction of sp³-hybridized carbons (Fsp3) is 0.533. The minimum absolute atomic E-state index is 0.152. The van der Waals surface area contributed by atoms with E-state index in [9.17, 15) is 9.18 Å². The highest BCUT2D eigenvalue weighted by Gasteiger charge is 2.28. The number of benzene rings is 1.